The second kappa shape index (κ2) is 13.3. The largest absolute Gasteiger partial charge is 0.493 e. The van der Waals surface area contributed by atoms with Crippen molar-refractivity contribution in [3.05, 3.63) is 35.1 Å². The number of nitrogens with zero attached hydrogens (tertiary/aromatic N) is 1. The van der Waals surface area contributed by atoms with Crippen molar-refractivity contribution in [1.82, 2.24) is 4.90 Å². The van der Waals surface area contributed by atoms with E-state index < -0.39 is 90.2 Å². The van der Waals surface area contributed by atoms with Gasteiger partial charge in [0.05, 0.1) is 31.0 Å². The molecule has 2 bridgehead atoms. The molecular formula is C32H37NO16. The number of likely N-dealkylation sites (tertiary alicyclic amines) is 1. The van der Waals surface area contributed by atoms with E-state index in [4.69, 9.17) is 33.9 Å². The van der Waals surface area contributed by atoms with E-state index in [0.717, 1.165) is 25.0 Å². The highest BCUT2D eigenvalue weighted by molar-refractivity contribution is 5.88. The molecule has 0 unspecified atom stereocenters. The van der Waals surface area contributed by atoms with Crippen LogP contribution in [0.2, 0.25) is 0 Å². The summed E-state index contributed by atoms with van der Waals surface area (Å²) in [5, 5.41) is 39.8. The Bertz CT molecular complexity index is 1610. The highest BCUT2D eigenvalue weighted by Crippen LogP contribution is 2.65. The summed E-state index contributed by atoms with van der Waals surface area (Å²) >= 11 is 0. The van der Waals surface area contributed by atoms with Gasteiger partial charge in [0.25, 0.3) is 0 Å². The van der Waals surface area contributed by atoms with Gasteiger partial charge in [-0.15, -0.1) is 0 Å². The highest BCUT2D eigenvalue weighted by atomic mass is 16.6. The zero-order valence-electron chi connectivity index (χ0n) is 27.1. The molecule has 1 saturated heterocycles. The highest BCUT2D eigenvalue weighted by Gasteiger charge is 2.72. The molecule has 8 atom stereocenters. The maximum Gasteiger partial charge on any atom is 0.348 e. The first kappa shape index (κ1) is 35.6. The van der Waals surface area contributed by atoms with Crippen molar-refractivity contribution >= 4 is 35.8 Å². The van der Waals surface area contributed by atoms with Crippen LogP contribution in [-0.4, -0.2) is 124 Å². The second-order valence-electron chi connectivity index (χ2n) is 12.5. The summed E-state index contributed by atoms with van der Waals surface area (Å²) in [4.78, 5) is 75.3. The van der Waals surface area contributed by atoms with Crippen LogP contribution in [0, 0.1) is 0 Å². The lowest BCUT2D eigenvalue weighted by Gasteiger charge is -2.61. The van der Waals surface area contributed by atoms with Crippen LogP contribution < -0.4 is 9.47 Å². The average Bonchev–Trinajstić information content (AvgIpc) is 3.39. The lowest BCUT2D eigenvalue weighted by molar-refractivity contribution is -0.184. The minimum Gasteiger partial charge on any atom is -0.493 e. The fourth-order valence-electron chi connectivity index (χ4n) is 7.16. The number of esters is 4. The van der Waals surface area contributed by atoms with Crippen molar-refractivity contribution in [1.29, 1.82) is 0 Å². The van der Waals surface area contributed by atoms with Gasteiger partial charge in [-0.3, -0.25) is 9.59 Å². The number of rotatable bonds is 13. The van der Waals surface area contributed by atoms with Crippen LogP contribution in [0.5, 0.6) is 11.5 Å². The number of hydrogen-bond donors (Lipinski definition) is 4. The van der Waals surface area contributed by atoms with E-state index in [-0.39, 0.29) is 18.2 Å². The first-order valence-corrected chi connectivity index (χ1v) is 15.5. The molecule has 2 heterocycles. The summed E-state index contributed by atoms with van der Waals surface area (Å²) < 4.78 is 32.4. The van der Waals surface area contributed by atoms with Crippen molar-refractivity contribution in [2.45, 2.75) is 93.5 Å². The standard InChI is InChI=1S/C32H37NO16/c1-14(27(37)38)45-29(41)15(2)46-30(42)20(48-22(35)12-17(34)28(39)40)13-23(36)47-19-7-8-32(43)21-11-16-5-6-18(44-4)25-24(16)31(32,26(19)49-25)9-10-33(21)3/h5-7,14-15,17,20-21,26,34,43H,8-13H2,1-4H3,(H,37,38)(H,39,40)/t14-,15+,17+,20+,21+,26-,31-,32+/m1/s1. The lowest BCUT2D eigenvalue weighted by atomic mass is 9.50. The number of hydrogen-bond acceptors (Lipinski definition) is 15. The summed E-state index contributed by atoms with van der Waals surface area (Å²) in [6.07, 6.45) is -8.05. The van der Waals surface area contributed by atoms with E-state index in [9.17, 15) is 39.0 Å². The molecule has 1 fully saturated rings. The van der Waals surface area contributed by atoms with Crippen LogP contribution in [0.4, 0.5) is 0 Å². The van der Waals surface area contributed by atoms with E-state index in [2.05, 4.69) is 9.64 Å². The van der Waals surface area contributed by atoms with Gasteiger partial charge in [-0.2, -0.15) is 0 Å². The number of carboxylic acid groups (broad SMARTS) is 2. The fraction of sp³-hybridized carbons (Fsp3) is 0.562. The molecule has 0 amide bonds. The zero-order chi connectivity index (χ0) is 36.0. The molecule has 4 N–H and O–H groups in total. The molecule has 17 nitrogen and oxygen atoms in total. The molecule has 1 aromatic rings. The minimum atomic E-state index is -2.19. The normalized spacial score (nSPS) is 27.1. The van der Waals surface area contributed by atoms with E-state index in [1.807, 2.05) is 13.1 Å². The topological polar surface area (TPSA) is 242 Å². The number of carbonyl (C=O) groups excluding carboxylic acids is 4. The summed E-state index contributed by atoms with van der Waals surface area (Å²) in [6, 6.07) is 3.41. The second-order valence-corrected chi connectivity index (χ2v) is 12.5. The van der Waals surface area contributed by atoms with E-state index in [0.29, 0.717) is 30.9 Å². The van der Waals surface area contributed by atoms with Crippen LogP contribution in [0.3, 0.4) is 0 Å². The monoisotopic (exact) mass is 691 g/mol. The Morgan fingerprint density at radius 1 is 0.980 bits per heavy atom. The Labute approximate surface area is 279 Å². The third kappa shape index (κ3) is 6.17. The van der Waals surface area contributed by atoms with Gasteiger partial charge >= 0.3 is 35.8 Å². The van der Waals surface area contributed by atoms with Crippen LogP contribution in [0.1, 0.15) is 50.7 Å². The average molecular weight is 692 g/mol. The van der Waals surface area contributed by atoms with Gasteiger partial charge in [0.15, 0.2) is 35.9 Å². The molecular weight excluding hydrogens is 654 g/mol. The summed E-state index contributed by atoms with van der Waals surface area (Å²) in [7, 11) is 3.41. The van der Waals surface area contributed by atoms with Gasteiger partial charge < -0.3 is 53.7 Å². The first-order chi connectivity index (χ1) is 23.0. The third-order valence-corrected chi connectivity index (χ3v) is 9.59. The van der Waals surface area contributed by atoms with Crippen LogP contribution in [0.25, 0.3) is 0 Å². The van der Waals surface area contributed by atoms with E-state index in [1.165, 1.54) is 13.2 Å². The number of aliphatic hydroxyl groups excluding tert-OH is 1. The van der Waals surface area contributed by atoms with Crippen molar-refractivity contribution in [2.75, 3.05) is 20.7 Å². The van der Waals surface area contributed by atoms with Crippen LogP contribution in [-0.2, 0) is 59.6 Å². The molecule has 5 rings (SSSR count). The number of likely N-dealkylation sites (N-methyl/N-ethyl adjacent to an activating group) is 1. The van der Waals surface area contributed by atoms with Crippen LogP contribution in [0.15, 0.2) is 24.0 Å². The predicted octanol–water partition coefficient (Wildman–Crippen LogP) is -0.398. The van der Waals surface area contributed by atoms with Gasteiger partial charge in [0.1, 0.15) is 5.76 Å². The van der Waals surface area contributed by atoms with Crippen molar-refractivity contribution in [3.8, 4) is 11.5 Å². The quantitative estimate of drug-likeness (QED) is 0.152. The summed E-state index contributed by atoms with van der Waals surface area (Å²) in [6.45, 7) is 2.71. The molecule has 2 aliphatic carbocycles. The van der Waals surface area contributed by atoms with Gasteiger partial charge in [0, 0.05) is 18.0 Å². The molecule has 0 radical (unpaired) electrons. The number of carbonyl (C=O) groups is 6. The Hall–Kier alpha value is -4.74. The molecule has 4 aliphatic rings. The smallest absolute Gasteiger partial charge is 0.348 e. The number of piperidine rings is 1. The Morgan fingerprint density at radius 3 is 2.33 bits per heavy atom. The van der Waals surface area contributed by atoms with Crippen molar-refractivity contribution < 1.29 is 77.6 Å². The molecule has 17 heteroatoms. The summed E-state index contributed by atoms with van der Waals surface area (Å²) in [5.41, 5.74) is -0.598. The SMILES string of the molecule is COc1ccc2c3c1O[C@@H]1C(OC(=O)C[C@H](OC(=O)C[C@H](O)C(=O)O)C(=O)O[C@@H](C)C(=O)O[C@H](C)C(=O)O)=CC[C@]4(O)[C@H](C2)N(C)CC[C@@]314. The van der Waals surface area contributed by atoms with Gasteiger partial charge in [-0.25, -0.2) is 19.2 Å². The van der Waals surface area contributed by atoms with Crippen molar-refractivity contribution in [2.24, 2.45) is 0 Å². The Kier molecular flexibility index (Phi) is 9.64. The number of methoxy groups -OCH3 is 1. The molecule has 0 saturated carbocycles. The first-order valence-electron chi connectivity index (χ1n) is 15.5. The van der Waals surface area contributed by atoms with E-state index in [1.54, 1.807) is 6.07 Å². The zero-order valence-corrected chi connectivity index (χ0v) is 27.1. The maximum atomic E-state index is 13.4. The van der Waals surface area contributed by atoms with Gasteiger partial charge in [0.2, 0.25) is 6.10 Å². The Morgan fingerprint density at radius 2 is 1.67 bits per heavy atom. The molecule has 49 heavy (non-hydrogen) atoms. The molecule has 1 spiro atoms. The lowest BCUT2D eigenvalue weighted by Crippen LogP contribution is -2.74. The molecule has 2 aliphatic heterocycles. The maximum absolute atomic E-state index is 13.4. The Balaban J connectivity index is 1.38. The number of carboxylic acids is 2. The van der Waals surface area contributed by atoms with Crippen molar-refractivity contribution in [3.63, 3.8) is 0 Å². The molecule has 266 valence electrons. The summed E-state index contributed by atoms with van der Waals surface area (Å²) in [5.74, 6) is -7.57. The number of ether oxygens (including phenoxy) is 6. The number of aliphatic hydroxyl groups is 2. The predicted molar refractivity (Wildman–Crippen MR) is 159 cm³/mol. The van der Waals surface area contributed by atoms with E-state index >= 15 is 0 Å². The molecule has 1 aromatic carbocycles. The third-order valence-electron chi connectivity index (χ3n) is 9.59. The minimum absolute atomic E-state index is 0.0310. The van der Waals surface area contributed by atoms with Crippen LogP contribution >= 0.6 is 0 Å². The number of benzene rings is 1. The molecule has 0 aromatic heterocycles. The fourth-order valence-corrected chi connectivity index (χ4v) is 7.16. The van der Waals surface area contributed by atoms with Gasteiger partial charge in [-0.1, -0.05) is 6.07 Å². The van der Waals surface area contributed by atoms with Gasteiger partial charge in [-0.05, 0) is 58.0 Å². The number of aliphatic carboxylic acids is 2.